The van der Waals surface area contributed by atoms with Gasteiger partial charge in [-0.25, -0.2) is 9.97 Å². The Kier molecular flexibility index (Phi) is 4.77. The number of ether oxygens (including phenoxy) is 1. The average Bonchev–Trinajstić information content (AvgIpc) is 2.12. The summed E-state index contributed by atoms with van der Waals surface area (Å²) in [5.74, 6) is 0.925. The number of aromatic nitrogens is 2. The zero-order chi connectivity index (χ0) is 13.8. The molecule has 18 heavy (non-hydrogen) atoms. The van der Waals surface area contributed by atoms with E-state index in [0.29, 0.717) is 29.0 Å². The van der Waals surface area contributed by atoms with Crippen molar-refractivity contribution in [3.05, 3.63) is 6.07 Å². The monoisotopic (exact) mass is 270 g/mol. The second-order valence-electron chi connectivity index (χ2n) is 4.69. The highest BCUT2D eigenvalue weighted by atomic mass is 32.2. The van der Waals surface area contributed by atoms with E-state index in [2.05, 4.69) is 9.97 Å². The molecule has 0 radical (unpaired) electrons. The molecule has 0 spiro atoms. The Labute approximate surface area is 111 Å². The van der Waals surface area contributed by atoms with E-state index in [1.165, 1.54) is 17.8 Å². The number of anilines is 2. The lowest BCUT2D eigenvalue weighted by molar-refractivity contribution is -0.154. The number of hydrogen-bond acceptors (Lipinski definition) is 7. The van der Waals surface area contributed by atoms with E-state index in [1.807, 2.05) is 20.8 Å². The largest absolute Gasteiger partial charge is 0.460 e. The predicted molar refractivity (Wildman–Crippen MR) is 72.0 cm³/mol. The van der Waals surface area contributed by atoms with E-state index < -0.39 is 5.60 Å². The summed E-state index contributed by atoms with van der Waals surface area (Å²) in [6, 6.07) is 1.48. The van der Waals surface area contributed by atoms with E-state index in [1.54, 1.807) is 0 Å². The number of nitrogen functional groups attached to an aromatic ring is 2. The third-order valence-electron chi connectivity index (χ3n) is 1.70. The second kappa shape index (κ2) is 5.90. The summed E-state index contributed by atoms with van der Waals surface area (Å²) in [5, 5.41) is 0.469. The molecule has 0 atom stereocenters. The van der Waals surface area contributed by atoms with E-state index >= 15 is 0 Å². The van der Waals surface area contributed by atoms with Gasteiger partial charge in [-0.1, -0.05) is 11.8 Å². The number of nitrogens with zero attached hydrogens (tertiary/aromatic N) is 2. The van der Waals surface area contributed by atoms with Crippen LogP contribution in [-0.4, -0.2) is 27.3 Å². The Bertz CT molecular complexity index is 411. The molecule has 1 aromatic heterocycles. The zero-order valence-corrected chi connectivity index (χ0v) is 11.6. The fraction of sp³-hybridized carbons (Fsp3) is 0.545. The number of hydrogen-bond donors (Lipinski definition) is 2. The summed E-state index contributed by atoms with van der Waals surface area (Å²) in [4.78, 5) is 19.5. The predicted octanol–water partition coefficient (Wildman–Crippen LogP) is 1.46. The van der Waals surface area contributed by atoms with E-state index in [0.717, 1.165) is 0 Å². The Morgan fingerprint density at radius 3 is 2.39 bits per heavy atom. The Morgan fingerprint density at radius 1 is 1.33 bits per heavy atom. The fourth-order valence-electron chi connectivity index (χ4n) is 1.14. The molecule has 0 saturated heterocycles. The van der Waals surface area contributed by atoms with Crippen molar-refractivity contribution in [1.29, 1.82) is 0 Å². The molecule has 0 aliphatic carbocycles. The normalized spacial score (nSPS) is 11.3. The lowest BCUT2D eigenvalue weighted by atomic mass is 10.2. The van der Waals surface area contributed by atoms with E-state index in [9.17, 15) is 4.79 Å². The van der Waals surface area contributed by atoms with Crippen LogP contribution >= 0.6 is 11.8 Å². The number of thioether (sulfide) groups is 1. The van der Waals surface area contributed by atoms with Crippen molar-refractivity contribution in [2.45, 2.75) is 37.9 Å². The van der Waals surface area contributed by atoms with Gasteiger partial charge in [0.1, 0.15) is 17.2 Å². The molecular weight excluding hydrogens is 252 g/mol. The van der Waals surface area contributed by atoms with Crippen LogP contribution in [0.1, 0.15) is 27.2 Å². The van der Waals surface area contributed by atoms with Gasteiger partial charge in [0, 0.05) is 11.8 Å². The number of rotatable bonds is 4. The standard InChI is InChI=1S/C11H18N4O2S/c1-11(2,3)17-9(16)4-5-18-10-14-7(12)6-8(13)15-10/h6H,4-5H2,1-3H3,(H4,12,13,14,15). The van der Waals surface area contributed by atoms with Gasteiger partial charge in [0.25, 0.3) is 0 Å². The Morgan fingerprint density at radius 2 is 1.89 bits per heavy atom. The van der Waals surface area contributed by atoms with Crippen molar-refractivity contribution in [3.8, 4) is 0 Å². The van der Waals surface area contributed by atoms with Crippen LogP contribution in [0.15, 0.2) is 11.2 Å². The van der Waals surface area contributed by atoms with Crippen LogP contribution in [0.2, 0.25) is 0 Å². The van der Waals surface area contributed by atoms with Crippen molar-refractivity contribution in [2.24, 2.45) is 0 Å². The zero-order valence-electron chi connectivity index (χ0n) is 10.8. The second-order valence-corrected chi connectivity index (χ2v) is 5.75. The lowest BCUT2D eigenvalue weighted by Gasteiger charge is -2.19. The van der Waals surface area contributed by atoms with Gasteiger partial charge in [-0.3, -0.25) is 4.79 Å². The first kappa shape index (κ1) is 14.6. The minimum absolute atomic E-state index is 0.244. The highest BCUT2D eigenvalue weighted by molar-refractivity contribution is 7.99. The summed E-state index contributed by atoms with van der Waals surface area (Å²) in [5.41, 5.74) is 10.6. The van der Waals surface area contributed by atoms with Gasteiger partial charge in [0.05, 0.1) is 6.42 Å². The number of carbonyl (C=O) groups excluding carboxylic acids is 1. The summed E-state index contributed by atoms with van der Waals surface area (Å²) in [6.07, 6.45) is 0.292. The van der Waals surface area contributed by atoms with Crippen molar-refractivity contribution >= 4 is 29.4 Å². The summed E-state index contributed by atoms with van der Waals surface area (Å²) in [7, 11) is 0. The van der Waals surface area contributed by atoms with Gasteiger partial charge < -0.3 is 16.2 Å². The number of nitrogens with two attached hydrogens (primary N) is 2. The van der Waals surface area contributed by atoms with Crippen molar-refractivity contribution in [1.82, 2.24) is 9.97 Å². The molecule has 1 rings (SSSR count). The molecule has 0 amide bonds. The van der Waals surface area contributed by atoms with E-state index in [-0.39, 0.29) is 5.97 Å². The molecule has 0 aliphatic heterocycles. The van der Waals surface area contributed by atoms with Crippen LogP contribution in [0.5, 0.6) is 0 Å². The first-order valence-corrected chi connectivity index (χ1v) is 6.49. The molecule has 0 aromatic carbocycles. The summed E-state index contributed by atoms with van der Waals surface area (Å²) >= 11 is 1.32. The third kappa shape index (κ3) is 5.72. The van der Waals surface area contributed by atoms with Gasteiger partial charge in [0.2, 0.25) is 0 Å². The molecular formula is C11H18N4O2S. The Hall–Kier alpha value is -1.50. The molecule has 1 heterocycles. The highest BCUT2D eigenvalue weighted by Crippen LogP contribution is 2.18. The molecule has 0 unspecified atom stereocenters. The molecule has 6 nitrogen and oxygen atoms in total. The molecule has 0 saturated carbocycles. The molecule has 0 fully saturated rings. The number of esters is 1. The van der Waals surface area contributed by atoms with Crippen LogP contribution < -0.4 is 11.5 Å². The van der Waals surface area contributed by atoms with Gasteiger partial charge >= 0.3 is 5.97 Å². The summed E-state index contributed by atoms with van der Waals surface area (Å²) in [6.45, 7) is 5.50. The molecule has 0 bridgehead atoms. The molecule has 7 heteroatoms. The third-order valence-corrected chi connectivity index (χ3v) is 2.55. The van der Waals surface area contributed by atoms with Crippen LogP contribution in [0, 0.1) is 0 Å². The Balaban J connectivity index is 2.40. The number of carbonyl (C=O) groups is 1. The smallest absolute Gasteiger partial charge is 0.307 e. The lowest BCUT2D eigenvalue weighted by Crippen LogP contribution is -2.24. The highest BCUT2D eigenvalue weighted by Gasteiger charge is 2.16. The maximum atomic E-state index is 11.5. The minimum Gasteiger partial charge on any atom is -0.460 e. The molecule has 0 aliphatic rings. The van der Waals surface area contributed by atoms with Gasteiger partial charge in [0.15, 0.2) is 5.16 Å². The molecule has 1 aromatic rings. The van der Waals surface area contributed by atoms with Gasteiger partial charge in [-0.05, 0) is 20.8 Å². The van der Waals surface area contributed by atoms with Gasteiger partial charge in [-0.15, -0.1) is 0 Å². The van der Waals surface area contributed by atoms with Crippen LogP contribution in [0.3, 0.4) is 0 Å². The fourth-order valence-corrected chi connectivity index (χ4v) is 1.94. The topological polar surface area (TPSA) is 104 Å². The first-order chi connectivity index (χ1) is 8.26. The first-order valence-electron chi connectivity index (χ1n) is 5.51. The molecule has 100 valence electrons. The van der Waals surface area contributed by atoms with Crippen LogP contribution in [0.4, 0.5) is 11.6 Å². The van der Waals surface area contributed by atoms with Gasteiger partial charge in [-0.2, -0.15) is 0 Å². The van der Waals surface area contributed by atoms with Crippen LogP contribution in [0.25, 0.3) is 0 Å². The maximum absolute atomic E-state index is 11.5. The average molecular weight is 270 g/mol. The van der Waals surface area contributed by atoms with Crippen molar-refractivity contribution in [2.75, 3.05) is 17.2 Å². The molecule has 4 N–H and O–H groups in total. The van der Waals surface area contributed by atoms with E-state index in [4.69, 9.17) is 16.2 Å². The van der Waals surface area contributed by atoms with Crippen molar-refractivity contribution in [3.63, 3.8) is 0 Å². The minimum atomic E-state index is -0.458. The maximum Gasteiger partial charge on any atom is 0.307 e. The van der Waals surface area contributed by atoms with Crippen LogP contribution in [-0.2, 0) is 9.53 Å². The van der Waals surface area contributed by atoms with Crippen molar-refractivity contribution < 1.29 is 9.53 Å². The summed E-state index contributed by atoms with van der Waals surface area (Å²) < 4.78 is 5.18. The SMILES string of the molecule is CC(C)(C)OC(=O)CCSc1nc(N)cc(N)n1. The quantitative estimate of drug-likeness (QED) is 0.485.